The molecule has 3 N–H and O–H groups in total. The van der Waals surface area contributed by atoms with Crippen LogP contribution >= 0.6 is 0 Å². The van der Waals surface area contributed by atoms with Crippen LogP contribution in [0.5, 0.6) is 17.2 Å². The quantitative estimate of drug-likeness (QED) is 0.253. The van der Waals surface area contributed by atoms with E-state index in [1.165, 1.54) is 0 Å². The lowest BCUT2D eigenvalue weighted by Crippen LogP contribution is -2.49. The molecule has 1 heterocycles. The number of nitrogens with one attached hydrogen (secondary N) is 1. The molecule has 1 aliphatic carbocycles. The number of amides is 1. The summed E-state index contributed by atoms with van der Waals surface area (Å²) in [6, 6.07) is 17.4. The second-order valence-electron chi connectivity index (χ2n) is 11.4. The van der Waals surface area contributed by atoms with Gasteiger partial charge < -0.3 is 34.2 Å². The average molecular weight is 574 g/mol. The Morgan fingerprint density at radius 1 is 0.976 bits per heavy atom. The summed E-state index contributed by atoms with van der Waals surface area (Å²) in [5, 5.41) is 24.1. The molecule has 3 atom stereocenters. The number of fused-ring (bicyclic) bond motifs is 1. The van der Waals surface area contributed by atoms with Crippen LogP contribution in [0.25, 0.3) is 22.1 Å². The lowest BCUT2D eigenvalue weighted by Gasteiger charge is -2.41. The van der Waals surface area contributed by atoms with Crippen LogP contribution in [0.1, 0.15) is 42.6 Å². The molecule has 0 radical (unpaired) electrons. The molecule has 1 fully saturated rings. The summed E-state index contributed by atoms with van der Waals surface area (Å²) in [6.45, 7) is 5.80. The fraction of sp³-hybridized carbons (Fsp3) is 0.333. The molecule has 3 aromatic carbocycles. The highest BCUT2D eigenvalue weighted by Gasteiger charge is 2.41. The van der Waals surface area contributed by atoms with Crippen LogP contribution in [-0.4, -0.2) is 48.7 Å². The van der Waals surface area contributed by atoms with Gasteiger partial charge in [-0.15, -0.1) is 0 Å². The van der Waals surface area contributed by atoms with Gasteiger partial charge in [-0.1, -0.05) is 26.0 Å². The van der Waals surface area contributed by atoms with Crippen molar-refractivity contribution < 1.29 is 33.6 Å². The maximum absolute atomic E-state index is 13.2. The molecule has 1 unspecified atom stereocenters. The van der Waals surface area contributed by atoms with E-state index < -0.39 is 29.8 Å². The molecule has 1 amide bonds. The second-order valence-corrected chi connectivity index (χ2v) is 11.4. The van der Waals surface area contributed by atoms with Crippen molar-refractivity contribution in [1.82, 2.24) is 0 Å². The molecule has 9 nitrogen and oxygen atoms in total. The lowest BCUT2D eigenvalue weighted by molar-refractivity contribution is -0.107. The average Bonchev–Trinajstić information content (AvgIpc) is 2.97. The Hall–Kier alpha value is -4.34. The molecule has 5 rings (SSSR count). The first-order chi connectivity index (χ1) is 20.0. The van der Waals surface area contributed by atoms with Crippen molar-refractivity contribution in [2.24, 2.45) is 5.41 Å². The van der Waals surface area contributed by atoms with Crippen LogP contribution in [0.3, 0.4) is 0 Å². The van der Waals surface area contributed by atoms with Crippen LogP contribution in [0.2, 0.25) is 0 Å². The van der Waals surface area contributed by atoms with E-state index in [0.717, 1.165) is 5.56 Å². The molecule has 0 bridgehead atoms. The van der Waals surface area contributed by atoms with Crippen LogP contribution in [0, 0.1) is 12.3 Å². The highest BCUT2D eigenvalue weighted by molar-refractivity contribution is 6.05. The van der Waals surface area contributed by atoms with E-state index in [9.17, 15) is 19.8 Å². The monoisotopic (exact) mass is 573 g/mol. The fourth-order valence-corrected chi connectivity index (χ4v) is 5.54. The zero-order chi connectivity index (χ0) is 30.2. The van der Waals surface area contributed by atoms with Gasteiger partial charge in [-0.05, 0) is 79.3 Å². The Labute approximate surface area is 243 Å². The number of hydrogen-bond acceptors (Lipinski definition) is 8. The first kappa shape index (κ1) is 29.2. The summed E-state index contributed by atoms with van der Waals surface area (Å²) in [7, 11) is 3.14. The van der Waals surface area contributed by atoms with E-state index in [1.807, 2.05) is 38.1 Å². The Morgan fingerprint density at radius 3 is 2.48 bits per heavy atom. The third-order valence-electron chi connectivity index (χ3n) is 7.76. The molecule has 0 aliphatic heterocycles. The summed E-state index contributed by atoms with van der Waals surface area (Å²) in [6.07, 6.45) is -1.49. The van der Waals surface area contributed by atoms with E-state index in [4.69, 9.17) is 18.6 Å². The fourth-order valence-electron chi connectivity index (χ4n) is 5.54. The molecule has 0 saturated heterocycles. The summed E-state index contributed by atoms with van der Waals surface area (Å²) in [5.74, 6) is 1.20. The van der Waals surface area contributed by atoms with Crippen LogP contribution in [0.4, 0.5) is 5.69 Å². The number of aliphatic hydroxyl groups is 2. The number of rotatable bonds is 7. The number of aliphatic hydroxyl groups excluding tert-OH is 2. The molecule has 1 aliphatic rings. The third-order valence-corrected chi connectivity index (χ3v) is 7.76. The molecule has 9 heteroatoms. The molecule has 42 heavy (non-hydrogen) atoms. The van der Waals surface area contributed by atoms with Crippen molar-refractivity contribution in [3.63, 3.8) is 0 Å². The minimum absolute atomic E-state index is 0.00751. The van der Waals surface area contributed by atoms with Gasteiger partial charge in [0.1, 0.15) is 40.7 Å². The first-order valence-corrected chi connectivity index (χ1v) is 13.7. The molecule has 1 aromatic heterocycles. The smallest absolute Gasteiger partial charge is 0.360 e. The Kier molecular flexibility index (Phi) is 7.99. The van der Waals surface area contributed by atoms with E-state index >= 15 is 0 Å². The largest absolute Gasteiger partial charge is 0.497 e. The Morgan fingerprint density at radius 2 is 1.74 bits per heavy atom. The highest BCUT2D eigenvalue weighted by Crippen LogP contribution is 2.39. The van der Waals surface area contributed by atoms with Crippen LogP contribution < -0.4 is 25.2 Å². The standard InChI is InChI=1S/C33H35NO8/c1-18-26(41-28-17-33(2,3)16-25(35)29(28)36)11-9-20-15-24(32(38)42-30(18)20)34-31(37)21-10-12-27(40-5)23(14-21)19-7-6-8-22(13-19)39-4/h6-15,25,28-29,35-36H,16-17H2,1-5H3,(H,34,37)/t25-,28?,29-/m1/s1. The maximum atomic E-state index is 13.2. The number of methoxy groups -OCH3 is 2. The van der Waals surface area contributed by atoms with Gasteiger partial charge in [0, 0.05) is 22.1 Å². The number of hydrogen-bond donors (Lipinski definition) is 3. The number of carbonyl (C=O) groups excluding carboxylic acids is 1. The summed E-state index contributed by atoms with van der Waals surface area (Å²) >= 11 is 0. The van der Waals surface area contributed by atoms with Crippen molar-refractivity contribution in [2.45, 2.75) is 51.9 Å². The van der Waals surface area contributed by atoms with Crippen molar-refractivity contribution in [1.29, 1.82) is 0 Å². The topological polar surface area (TPSA) is 127 Å². The van der Waals surface area contributed by atoms with Crippen molar-refractivity contribution in [3.8, 4) is 28.4 Å². The normalized spacial score (nSPS) is 19.7. The number of aryl methyl sites for hydroxylation is 1. The minimum Gasteiger partial charge on any atom is -0.497 e. The van der Waals surface area contributed by atoms with Crippen LogP contribution in [-0.2, 0) is 0 Å². The summed E-state index contributed by atoms with van der Waals surface area (Å²) in [4.78, 5) is 26.2. The van der Waals surface area contributed by atoms with E-state index in [1.54, 1.807) is 57.5 Å². The van der Waals surface area contributed by atoms with E-state index in [0.29, 0.717) is 57.7 Å². The number of ether oxygens (including phenoxy) is 3. The number of carbonyl (C=O) groups is 1. The van der Waals surface area contributed by atoms with E-state index in [2.05, 4.69) is 5.32 Å². The minimum atomic E-state index is -1.03. The lowest BCUT2D eigenvalue weighted by atomic mass is 9.73. The summed E-state index contributed by atoms with van der Waals surface area (Å²) < 4.78 is 22.6. The number of benzene rings is 3. The zero-order valence-corrected chi connectivity index (χ0v) is 24.3. The molecule has 1 saturated carbocycles. The van der Waals surface area contributed by atoms with Crippen molar-refractivity contribution >= 4 is 22.6 Å². The van der Waals surface area contributed by atoms with E-state index in [-0.39, 0.29) is 11.1 Å². The van der Waals surface area contributed by atoms with Gasteiger partial charge in [0.15, 0.2) is 0 Å². The molecular formula is C33H35NO8. The van der Waals surface area contributed by atoms with Gasteiger partial charge in [0.25, 0.3) is 5.91 Å². The van der Waals surface area contributed by atoms with Gasteiger partial charge in [-0.2, -0.15) is 0 Å². The first-order valence-electron chi connectivity index (χ1n) is 13.7. The predicted molar refractivity (Wildman–Crippen MR) is 160 cm³/mol. The van der Waals surface area contributed by atoms with Gasteiger partial charge in [-0.25, -0.2) is 4.79 Å². The van der Waals surface area contributed by atoms with Crippen LogP contribution in [0.15, 0.2) is 69.9 Å². The molecule has 4 aromatic rings. The van der Waals surface area contributed by atoms with Gasteiger partial charge in [-0.3, -0.25) is 4.79 Å². The van der Waals surface area contributed by atoms with Gasteiger partial charge >= 0.3 is 5.63 Å². The zero-order valence-electron chi connectivity index (χ0n) is 24.3. The predicted octanol–water partition coefficient (Wildman–Crippen LogP) is 5.33. The highest BCUT2D eigenvalue weighted by atomic mass is 16.5. The molecule has 220 valence electrons. The molecular weight excluding hydrogens is 538 g/mol. The van der Waals surface area contributed by atoms with Gasteiger partial charge in [0.05, 0.1) is 20.3 Å². The number of anilines is 1. The van der Waals surface area contributed by atoms with Crippen molar-refractivity contribution in [2.75, 3.05) is 19.5 Å². The second kappa shape index (κ2) is 11.5. The summed E-state index contributed by atoms with van der Waals surface area (Å²) in [5.41, 5.74) is 1.78. The van der Waals surface area contributed by atoms with Gasteiger partial charge in [0.2, 0.25) is 0 Å². The van der Waals surface area contributed by atoms with Crippen molar-refractivity contribution in [3.05, 3.63) is 82.2 Å². The Balaban J connectivity index is 1.41. The SMILES string of the molecule is COc1cccc(-c2cc(C(=O)Nc3cc4ccc(OC5CC(C)(C)C[C@@H](O)[C@H]5O)c(C)c4oc3=O)ccc2OC)c1. The third kappa shape index (κ3) is 5.84. The molecule has 0 spiro atoms. The Bertz CT molecular complexity index is 1690. The maximum Gasteiger partial charge on any atom is 0.360 e.